The number of benzene rings is 1. The summed E-state index contributed by atoms with van der Waals surface area (Å²) in [5.74, 6) is 4.63. The molecule has 0 spiro atoms. The van der Waals surface area contributed by atoms with Crippen molar-refractivity contribution in [3.63, 3.8) is 0 Å². The van der Waals surface area contributed by atoms with E-state index in [1.54, 1.807) is 0 Å². The van der Waals surface area contributed by atoms with Gasteiger partial charge in [0.25, 0.3) is 0 Å². The van der Waals surface area contributed by atoms with Crippen LogP contribution in [-0.4, -0.2) is 21.5 Å². The molecule has 0 heterocycles. The Hall–Kier alpha value is -1.42. The molecule has 0 aromatic heterocycles. The molecular weight excluding hydrogens is 279 g/mol. The van der Waals surface area contributed by atoms with E-state index in [1.807, 2.05) is 13.8 Å². The van der Waals surface area contributed by atoms with Crippen LogP contribution < -0.4 is 10.5 Å². The molecule has 0 bridgehead atoms. The van der Waals surface area contributed by atoms with Gasteiger partial charge in [0.1, 0.15) is 5.82 Å². The Morgan fingerprint density at radius 3 is 2.70 bits per heavy atom. The predicted octanol–water partition coefficient (Wildman–Crippen LogP) is 1.46. The van der Waals surface area contributed by atoms with Crippen LogP contribution in [0.4, 0.5) is 4.39 Å². The van der Waals surface area contributed by atoms with Gasteiger partial charge in [-0.3, -0.25) is 0 Å². The SMILES string of the molecule is CCC(C)CNS(=O)(=O)c1ccc(C#CCN)c(F)c1. The van der Waals surface area contributed by atoms with Crippen molar-refractivity contribution >= 4 is 10.0 Å². The number of rotatable bonds is 5. The number of nitrogens with two attached hydrogens (primary N) is 1. The van der Waals surface area contributed by atoms with Crippen molar-refractivity contribution in [2.75, 3.05) is 13.1 Å². The van der Waals surface area contributed by atoms with Crippen LogP contribution in [-0.2, 0) is 10.0 Å². The van der Waals surface area contributed by atoms with Crippen LogP contribution >= 0.6 is 0 Å². The van der Waals surface area contributed by atoms with E-state index in [4.69, 9.17) is 5.73 Å². The summed E-state index contributed by atoms with van der Waals surface area (Å²) >= 11 is 0. The maximum absolute atomic E-state index is 13.7. The van der Waals surface area contributed by atoms with Gasteiger partial charge in [-0.05, 0) is 24.1 Å². The van der Waals surface area contributed by atoms with E-state index in [9.17, 15) is 12.8 Å². The number of nitrogens with one attached hydrogen (secondary N) is 1. The average Bonchev–Trinajstić information content (AvgIpc) is 2.43. The maximum Gasteiger partial charge on any atom is 0.240 e. The molecular formula is C14H19FN2O2S. The largest absolute Gasteiger partial charge is 0.320 e. The van der Waals surface area contributed by atoms with Crippen molar-refractivity contribution < 1.29 is 12.8 Å². The lowest BCUT2D eigenvalue weighted by molar-refractivity contribution is 0.527. The molecule has 0 aliphatic rings. The van der Waals surface area contributed by atoms with Gasteiger partial charge in [0.15, 0.2) is 0 Å². The van der Waals surface area contributed by atoms with E-state index >= 15 is 0 Å². The minimum atomic E-state index is -3.69. The van der Waals surface area contributed by atoms with E-state index < -0.39 is 15.8 Å². The van der Waals surface area contributed by atoms with Gasteiger partial charge in [0.2, 0.25) is 10.0 Å². The van der Waals surface area contributed by atoms with Gasteiger partial charge in [-0.15, -0.1) is 0 Å². The minimum Gasteiger partial charge on any atom is -0.320 e. The second kappa shape index (κ2) is 7.39. The molecule has 3 N–H and O–H groups in total. The van der Waals surface area contributed by atoms with Gasteiger partial charge >= 0.3 is 0 Å². The molecule has 1 unspecified atom stereocenters. The first-order valence-electron chi connectivity index (χ1n) is 6.38. The molecule has 1 aromatic carbocycles. The van der Waals surface area contributed by atoms with Gasteiger partial charge in [-0.2, -0.15) is 0 Å². The summed E-state index contributed by atoms with van der Waals surface area (Å²) in [5.41, 5.74) is 5.34. The molecule has 0 saturated carbocycles. The Bertz CT molecular complexity index is 618. The van der Waals surface area contributed by atoms with Gasteiger partial charge in [0.05, 0.1) is 17.0 Å². The fourth-order valence-corrected chi connectivity index (χ4v) is 2.57. The van der Waals surface area contributed by atoms with Crippen LogP contribution in [0.1, 0.15) is 25.8 Å². The molecule has 6 heteroatoms. The van der Waals surface area contributed by atoms with Crippen LogP contribution in [0.2, 0.25) is 0 Å². The Morgan fingerprint density at radius 1 is 1.45 bits per heavy atom. The van der Waals surface area contributed by atoms with E-state index in [0.717, 1.165) is 12.5 Å². The fourth-order valence-electron chi connectivity index (χ4n) is 1.39. The Balaban J connectivity index is 2.94. The quantitative estimate of drug-likeness (QED) is 0.808. The van der Waals surface area contributed by atoms with Gasteiger partial charge in [-0.1, -0.05) is 32.1 Å². The lowest BCUT2D eigenvalue weighted by atomic mass is 10.1. The molecule has 0 radical (unpaired) electrons. The van der Waals surface area contributed by atoms with E-state index in [-0.39, 0.29) is 22.9 Å². The molecule has 4 nitrogen and oxygen atoms in total. The molecule has 0 saturated heterocycles. The predicted molar refractivity (Wildman–Crippen MR) is 77.0 cm³/mol. The van der Waals surface area contributed by atoms with Crippen molar-refractivity contribution in [1.82, 2.24) is 4.72 Å². The summed E-state index contributed by atoms with van der Waals surface area (Å²) in [6, 6.07) is 3.65. The maximum atomic E-state index is 13.7. The van der Waals surface area contributed by atoms with Crippen molar-refractivity contribution in [3.8, 4) is 11.8 Å². The zero-order chi connectivity index (χ0) is 15.2. The van der Waals surface area contributed by atoms with Crippen molar-refractivity contribution in [1.29, 1.82) is 0 Å². The summed E-state index contributed by atoms with van der Waals surface area (Å²) in [6.07, 6.45) is 0.866. The molecule has 0 aliphatic carbocycles. The molecule has 0 amide bonds. The Morgan fingerprint density at radius 2 is 2.15 bits per heavy atom. The van der Waals surface area contributed by atoms with Crippen LogP contribution in [0.25, 0.3) is 0 Å². The number of hydrogen-bond acceptors (Lipinski definition) is 3. The lowest BCUT2D eigenvalue weighted by Gasteiger charge is -2.11. The van der Waals surface area contributed by atoms with E-state index in [2.05, 4.69) is 16.6 Å². The first-order valence-corrected chi connectivity index (χ1v) is 7.87. The van der Waals surface area contributed by atoms with Crippen LogP contribution in [0.5, 0.6) is 0 Å². The highest BCUT2D eigenvalue weighted by Crippen LogP contribution is 2.14. The normalized spacial score (nSPS) is 12.6. The molecule has 0 fully saturated rings. The Kier molecular flexibility index (Phi) is 6.14. The lowest BCUT2D eigenvalue weighted by Crippen LogP contribution is -2.28. The molecule has 1 atom stereocenters. The zero-order valence-electron chi connectivity index (χ0n) is 11.6. The summed E-state index contributed by atoms with van der Waals surface area (Å²) in [6.45, 7) is 4.36. The summed E-state index contributed by atoms with van der Waals surface area (Å²) in [5, 5.41) is 0. The topological polar surface area (TPSA) is 72.2 Å². The van der Waals surface area contributed by atoms with Gasteiger partial charge in [-0.25, -0.2) is 17.5 Å². The summed E-state index contributed by atoms with van der Waals surface area (Å²) in [4.78, 5) is -0.100. The monoisotopic (exact) mass is 298 g/mol. The van der Waals surface area contributed by atoms with Gasteiger partial charge in [0, 0.05) is 6.54 Å². The molecule has 1 aromatic rings. The van der Waals surface area contributed by atoms with Crippen LogP contribution in [0, 0.1) is 23.6 Å². The Labute approximate surface area is 119 Å². The van der Waals surface area contributed by atoms with Crippen molar-refractivity contribution in [2.45, 2.75) is 25.2 Å². The van der Waals surface area contributed by atoms with Crippen LogP contribution in [0.15, 0.2) is 23.1 Å². The highest BCUT2D eigenvalue weighted by Gasteiger charge is 2.16. The minimum absolute atomic E-state index is 0.100. The van der Waals surface area contributed by atoms with Gasteiger partial charge < -0.3 is 5.73 Å². The molecule has 1 rings (SSSR count). The third-order valence-electron chi connectivity index (χ3n) is 2.89. The fraction of sp³-hybridized carbons (Fsp3) is 0.429. The third kappa shape index (κ3) is 4.60. The third-order valence-corrected chi connectivity index (χ3v) is 4.32. The van der Waals surface area contributed by atoms with E-state index in [1.165, 1.54) is 12.1 Å². The standard InChI is InChI=1S/C14H19FN2O2S/c1-3-11(2)10-17-20(18,19)13-7-6-12(5-4-8-16)14(15)9-13/h6-7,9,11,17H,3,8,10,16H2,1-2H3. The highest BCUT2D eigenvalue weighted by atomic mass is 32.2. The first-order chi connectivity index (χ1) is 9.40. The van der Waals surface area contributed by atoms with E-state index in [0.29, 0.717) is 6.54 Å². The molecule has 0 aliphatic heterocycles. The highest BCUT2D eigenvalue weighted by molar-refractivity contribution is 7.89. The number of hydrogen-bond donors (Lipinski definition) is 2. The second-order valence-corrected chi connectivity index (χ2v) is 6.28. The summed E-state index contributed by atoms with van der Waals surface area (Å²) in [7, 11) is -3.69. The zero-order valence-corrected chi connectivity index (χ0v) is 12.4. The summed E-state index contributed by atoms with van der Waals surface area (Å²) < 4.78 is 40.2. The second-order valence-electron chi connectivity index (χ2n) is 4.51. The van der Waals surface area contributed by atoms with Crippen molar-refractivity contribution in [2.24, 2.45) is 11.7 Å². The number of sulfonamides is 1. The number of halogens is 1. The molecule has 110 valence electrons. The molecule has 20 heavy (non-hydrogen) atoms. The smallest absolute Gasteiger partial charge is 0.240 e. The van der Waals surface area contributed by atoms with Crippen molar-refractivity contribution in [3.05, 3.63) is 29.6 Å². The average molecular weight is 298 g/mol. The van der Waals surface area contributed by atoms with Crippen LogP contribution in [0.3, 0.4) is 0 Å². The first kappa shape index (κ1) is 16.6.